The second-order valence-electron chi connectivity index (χ2n) is 6.13. The van der Waals surface area contributed by atoms with Gasteiger partial charge in [0.15, 0.2) is 0 Å². The highest BCUT2D eigenvalue weighted by atomic mass is 19.4. The first-order valence-corrected chi connectivity index (χ1v) is 7.78. The van der Waals surface area contributed by atoms with Crippen molar-refractivity contribution in [3.63, 3.8) is 0 Å². The summed E-state index contributed by atoms with van der Waals surface area (Å²) < 4.78 is 43.7. The summed E-state index contributed by atoms with van der Waals surface area (Å²) in [6.45, 7) is 1.15. The van der Waals surface area contributed by atoms with Crippen molar-refractivity contribution in [1.29, 1.82) is 0 Å². The Morgan fingerprint density at radius 2 is 1.96 bits per heavy atom. The number of nitrogens with zero attached hydrogens (tertiary/aromatic N) is 3. The van der Waals surface area contributed by atoms with E-state index in [4.69, 9.17) is 10.5 Å². The van der Waals surface area contributed by atoms with Crippen LogP contribution in [0.5, 0.6) is 0 Å². The maximum Gasteiger partial charge on any atom is 0.408 e. The highest BCUT2D eigenvalue weighted by molar-refractivity contribution is 5.81. The van der Waals surface area contributed by atoms with Gasteiger partial charge in [0.1, 0.15) is 6.04 Å². The molecule has 0 aliphatic carbocycles. The van der Waals surface area contributed by atoms with Gasteiger partial charge in [-0.25, -0.2) is 4.98 Å². The Labute approximate surface area is 136 Å². The molecule has 1 aromatic rings. The Morgan fingerprint density at radius 3 is 2.58 bits per heavy atom. The molecule has 2 aliphatic rings. The van der Waals surface area contributed by atoms with Crippen molar-refractivity contribution in [2.75, 3.05) is 18.9 Å². The lowest BCUT2D eigenvalue weighted by Crippen LogP contribution is -2.38. The SMILES string of the molecule is Nc1nnc(C[C@H]2C[C@@H](C(F)(F)F)NC2=O)c(C2CCOCC2)n1. The van der Waals surface area contributed by atoms with E-state index < -0.39 is 24.0 Å². The van der Waals surface area contributed by atoms with E-state index in [9.17, 15) is 18.0 Å². The van der Waals surface area contributed by atoms with Gasteiger partial charge in [-0.05, 0) is 19.3 Å². The monoisotopic (exact) mass is 345 g/mol. The van der Waals surface area contributed by atoms with E-state index in [1.165, 1.54) is 0 Å². The quantitative estimate of drug-likeness (QED) is 0.846. The van der Waals surface area contributed by atoms with Gasteiger partial charge >= 0.3 is 6.18 Å². The van der Waals surface area contributed by atoms with Crippen LogP contribution in [-0.4, -0.2) is 46.5 Å². The van der Waals surface area contributed by atoms with Crippen molar-refractivity contribution in [2.24, 2.45) is 5.92 Å². The van der Waals surface area contributed by atoms with Gasteiger partial charge in [-0.2, -0.15) is 13.2 Å². The molecule has 0 radical (unpaired) electrons. The van der Waals surface area contributed by atoms with E-state index in [1.807, 2.05) is 5.32 Å². The number of carbonyl (C=O) groups excluding carboxylic acids is 1. The minimum absolute atomic E-state index is 0.0179. The van der Waals surface area contributed by atoms with Crippen LogP contribution in [0, 0.1) is 5.92 Å². The summed E-state index contributed by atoms with van der Waals surface area (Å²) in [6, 6.07) is -1.81. The smallest absolute Gasteiger partial charge is 0.381 e. The first-order chi connectivity index (χ1) is 11.3. The molecule has 1 aromatic heterocycles. The van der Waals surface area contributed by atoms with Gasteiger partial charge < -0.3 is 15.8 Å². The van der Waals surface area contributed by atoms with Crippen molar-refractivity contribution in [2.45, 2.75) is 43.8 Å². The molecule has 2 atom stereocenters. The first-order valence-electron chi connectivity index (χ1n) is 7.78. The second-order valence-corrected chi connectivity index (χ2v) is 6.13. The predicted molar refractivity (Wildman–Crippen MR) is 76.8 cm³/mol. The van der Waals surface area contributed by atoms with Crippen LogP contribution in [-0.2, 0) is 16.0 Å². The Hall–Kier alpha value is -1.97. The number of anilines is 1. The molecule has 3 rings (SSSR count). The molecule has 132 valence electrons. The van der Waals surface area contributed by atoms with Crippen LogP contribution in [0.25, 0.3) is 0 Å². The molecule has 2 fully saturated rings. The van der Waals surface area contributed by atoms with E-state index >= 15 is 0 Å². The zero-order valence-corrected chi connectivity index (χ0v) is 12.8. The van der Waals surface area contributed by atoms with Crippen LogP contribution in [0.1, 0.15) is 36.6 Å². The number of hydrogen-bond acceptors (Lipinski definition) is 6. The van der Waals surface area contributed by atoms with Crippen molar-refractivity contribution in [3.05, 3.63) is 11.4 Å². The van der Waals surface area contributed by atoms with Crippen LogP contribution in [0.2, 0.25) is 0 Å². The third-order valence-electron chi connectivity index (χ3n) is 4.45. The molecule has 2 aliphatic heterocycles. The molecule has 3 heterocycles. The summed E-state index contributed by atoms with van der Waals surface area (Å²) in [7, 11) is 0. The fourth-order valence-corrected chi connectivity index (χ4v) is 3.18. The second kappa shape index (κ2) is 6.50. The number of nitrogen functional groups attached to an aromatic ring is 1. The Balaban J connectivity index is 1.79. The number of ether oxygens (including phenoxy) is 1. The number of amides is 1. The Morgan fingerprint density at radius 1 is 1.25 bits per heavy atom. The predicted octanol–water partition coefficient (Wildman–Crippen LogP) is 0.957. The molecule has 0 spiro atoms. The molecule has 2 saturated heterocycles. The lowest BCUT2D eigenvalue weighted by molar-refractivity contribution is -0.154. The third-order valence-corrected chi connectivity index (χ3v) is 4.45. The largest absolute Gasteiger partial charge is 0.408 e. The number of nitrogens with one attached hydrogen (secondary N) is 1. The summed E-state index contributed by atoms with van der Waals surface area (Å²) in [4.78, 5) is 16.1. The van der Waals surface area contributed by atoms with Gasteiger partial charge in [-0.15, -0.1) is 10.2 Å². The molecule has 10 heteroatoms. The lowest BCUT2D eigenvalue weighted by Gasteiger charge is -2.23. The molecule has 0 unspecified atom stereocenters. The zero-order valence-electron chi connectivity index (χ0n) is 12.8. The molecule has 0 bridgehead atoms. The van der Waals surface area contributed by atoms with Gasteiger partial charge in [-0.3, -0.25) is 4.79 Å². The number of halogens is 3. The number of hydrogen-bond donors (Lipinski definition) is 2. The Kier molecular flexibility index (Phi) is 4.57. The summed E-state index contributed by atoms with van der Waals surface area (Å²) in [5, 5.41) is 9.70. The van der Waals surface area contributed by atoms with Crippen molar-refractivity contribution in [1.82, 2.24) is 20.5 Å². The van der Waals surface area contributed by atoms with Crippen LogP contribution in [0.15, 0.2) is 0 Å². The standard InChI is InChI=1S/C14H18F3N5O2/c15-14(16,17)10-6-8(12(23)19-10)5-9-11(20-13(18)22-21-9)7-1-3-24-4-2-7/h7-8,10H,1-6H2,(H,19,23)(H2,18,20,22)/t8-,10-/m0/s1. The summed E-state index contributed by atoms with van der Waals surface area (Å²) in [5.41, 5.74) is 6.67. The van der Waals surface area contributed by atoms with Crippen LogP contribution < -0.4 is 11.1 Å². The van der Waals surface area contributed by atoms with E-state index in [0.717, 1.165) is 12.8 Å². The Bertz CT molecular complexity index is 619. The molecule has 0 aromatic carbocycles. The molecule has 0 saturated carbocycles. The van der Waals surface area contributed by atoms with Crippen molar-refractivity contribution < 1.29 is 22.7 Å². The van der Waals surface area contributed by atoms with E-state index in [-0.39, 0.29) is 24.7 Å². The maximum absolute atomic E-state index is 12.8. The van der Waals surface area contributed by atoms with Crippen molar-refractivity contribution in [3.8, 4) is 0 Å². The molecule has 24 heavy (non-hydrogen) atoms. The number of carbonyl (C=O) groups is 1. The molecule has 7 nitrogen and oxygen atoms in total. The van der Waals surface area contributed by atoms with Gasteiger partial charge in [0.2, 0.25) is 11.9 Å². The summed E-state index contributed by atoms with van der Waals surface area (Å²) >= 11 is 0. The van der Waals surface area contributed by atoms with Crippen LogP contribution in [0.4, 0.5) is 19.1 Å². The van der Waals surface area contributed by atoms with Crippen molar-refractivity contribution >= 4 is 11.9 Å². The molecular formula is C14H18F3N5O2. The van der Waals surface area contributed by atoms with Gasteiger partial charge in [0, 0.05) is 31.5 Å². The van der Waals surface area contributed by atoms with E-state index in [2.05, 4.69) is 15.2 Å². The molecule has 1 amide bonds. The lowest BCUT2D eigenvalue weighted by atomic mass is 9.91. The fourth-order valence-electron chi connectivity index (χ4n) is 3.18. The maximum atomic E-state index is 12.8. The van der Waals surface area contributed by atoms with E-state index in [0.29, 0.717) is 24.6 Å². The molecule has 3 N–H and O–H groups in total. The van der Waals surface area contributed by atoms with E-state index in [1.54, 1.807) is 0 Å². The minimum Gasteiger partial charge on any atom is -0.381 e. The summed E-state index contributed by atoms with van der Waals surface area (Å²) in [5.74, 6) is -1.33. The van der Waals surface area contributed by atoms with Gasteiger partial charge in [-0.1, -0.05) is 0 Å². The summed E-state index contributed by atoms with van der Waals surface area (Å²) in [6.07, 6.45) is -3.22. The first kappa shape index (κ1) is 16.9. The highest BCUT2D eigenvalue weighted by Crippen LogP contribution is 2.33. The topological polar surface area (TPSA) is 103 Å². The third kappa shape index (κ3) is 3.58. The normalized spacial score (nSPS) is 25.7. The zero-order chi connectivity index (χ0) is 17.3. The van der Waals surface area contributed by atoms with Gasteiger partial charge in [0.05, 0.1) is 11.4 Å². The number of rotatable bonds is 3. The molecular weight excluding hydrogens is 327 g/mol. The number of nitrogens with two attached hydrogens (primary N) is 1. The fraction of sp³-hybridized carbons (Fsp3) is 0.714. The van der Waals surface area contributed by atoms with Gasteiger partial charge in [0.25, 0.3) is 0 Å². The average Bonchev–Trinajstić information content (AvgIpc) is 2.91. The number of aromatic nitrogens is 3. The average molecular weight is 345 g/mol. The van der Waals surface area contributed by atoms with Crippen LogP contribution >= 0.6 is 0 Å². The van der Waals surface area contributed by atoms with Crippen LogP contribution in [0.3, 0.4) is 0 Å². The minimum atomic E-state index is -4.45. The number of alkyl halides is 3. The highest BCUT2D eigenvalue weighted by Gasteiger charge is 2.48.